The monoisotopic (exact) mass is 504 g/mol. The fraction of sp³-hybridized carbons (Fsp3) is 0.769. The molecule has 1 nitrogen and oxygen atoms in total. The van der Waals surface area contributed by atoms with Gasteiger partial charge in [-0.1, -0.05) is 108 Å². The van der Waals surface area contributed by atoms with Gasteiger partial charge in [-0.25, -0.2) is 4.39 Å². The molecule has 0 saturated carbocycles. The van der Waals surface area contributed by atoms with E-state index >= 15 is 0 Å². The maximum atomic E-state index is 14.9. The molecule has 0 aliphatic rings. The minimum absolute atomic E-state index is 0.0693. The summed E-state index contributed by atoms with van der Waals surface area (Å²) in [4.78, 5) is 0. The second-order valence-corrected chi connectivity index (χ2v) is 11.0. The molecule has 1 atom stereocenters. The number of unbranched alkanes of at least 4 members (excludes halogenated alkanes) is 5. The van der Waals surface area contributed by atoms with Crippen LogP contribution in [0.3, 0.4) is 0 Å². The zero-order valence-electron chi connectivity index (χ0n) is 20.4. The first-order chi connectivity index (χ1) is 14.0. The molecule has 0 bridgehead atoms. The molecule has 0 saturated heterocycles. The molecular weight excluding hydrogens is 463 g/mol. The predicted octanol–water partition coefficient (Wildman–Crippen LogP) is 10.0. The standard InChI is InChI=1S/C26H43BrClFO/c1-9-10-11-12-13-14-15-23(26(17(2)3,18(4)5)19(6)7)30-25-22(29)16-21(27)20(8)24(25)28/h16-19,23H,9-15H2,1-8H3. The lowest BCUT2D eigenvalue weighted by Gasteiger charge is -2.50. The van der Waals surface area contributed by atoms with E-state index in [2.05, 4.69) is 64.4 Å². The van der Waals surface area contributed by atoms with E-state index in [1.54, 1.807) is 0 Å². The summed E-state index contributed by atoms with van der Waals surface area (Å²) < 4.78 is 22.2. The maximum Gasteiger partial charge on any atom is 0.174 e. The summed E-state index contributed by atoms with van der Waals surface area (Å²) in [5.74, 6) is 1.03. The highest BCUT2D eigenvalue weighted by Crippen LogP contribution is 2.50. The van der Waals surface area contributed by atoms with Crippen molar-refractivity contribution in [2.45, 2.75) is 106 Å². The summed E-state index contributed by atoms with van der Waals surface area (Å²) >= 11 is 9.96. The molecule has 0 fully saturated rings. The van der Waals surface area contributed by atoms with Crippen molar-refractivity contribution < 1.29 is 9.13 Å². The van der Waals surface area contributed by atoms with Crippen LogP contribution in [0.25, 0.3) is 0 Å². The minimum Gasteiger partial charge on any atom is -0.485 e. The molecule has 0 amide bonds. The number of halogens is 3. The summed E-state index contributed by atoms with van der Waals surface area (Å²) in [7, 11) is 0. The molecule has 0 radical (unpaired) electrons. The lowest BCUT2D eigenvalue weighted by Crippen LogP contribution is -2.51. The van der Waals surface area contributed by atoms with Gasteiger partial charge in [0, 0.05) is 9.89 Å². The predicted molar refractivity (Wildman–Crippen MR) is 133 cm³/mol. The van der Waals surface area contributed by atoms with Gasteiger partial charge in [0.15, 0.2) is 11.6 Å². The van der Waals surface area contributed by atoms with Crippen LogP contribution in [0, 0.1) is 35.9 Å². The Hall–Kier alpha value is -0.280. The van der Waals surface area contributed by atoms with Gasteiger partial charge < -0.3 is 4.74 Å². The molecule has 0 aliphatic carbocycles. The van der Waals surface area contributed by atoms with Crippen molar-refractivity contribution in [3.8, 4) is 5.75 Å². The molecule has 30 heavy (non-hydrogen) atoms. The third-order valence-electron chi connectivity index (χ3n) is 6.99. The Morgan fingerprint density at radius 1 is 0.967 bits per heavy atom. The van der Waals surface area contributed by atoms with Crippen LogP contribution in [-0.2, 0) is 0 Å². The van der Waals surface area contributed by atoms with E-state index < -0.39 is 5.82 Å². The summed E-state index contributed by atoms with van der Waals surface area (Å²) in [6.07, 6.45) is 8.22. The van der Waals surface area contributed by atoms with E-state index in [1.165, 1.54) is 38.2 Å². The van der Waals surface area contributed by atoms with Gasteiger partial charge in [0.2, 0.25) is 0 Å². The molecule has 4 heteroatoms. The molecular formula is C26H43BrClFO. The first-order valence-corrected chi connectivity index (χ1v) is 13.0. The number of ether oxygens (including phenoxy) is 1. The molecule has 0 aliphatic heterocycles. The van der Waals surface area contributed by atoms with Gasteiger partial charge in [-0.2, -0.15) is 0 Å². The molecule has 1 aromatic rings. The second kappa shape index (κ2) is 12.7. The molecule has 1 unspecified atom stereocenters. The van der Waals surface area contributed by atoms with Gasteiger partial charge in [-0.15, -0.1) is 0 Å². The number of rotatable bonds is 13. The minimum atomic E-state index is -0.393. The molecule has 174 valence electrons. The summed E-state index contributed by atoms with van der Waals surface area (Å²) in [5.41, 5.74) is 0.746. The zero-order chi connectivity index (χ0) is 23.1. The van der Waals surface area contributed by atoms with Crippen molar-refractivity contribution in [1.29, 1.82) is 0 Å². The van der Waals surface area contributed by atoms with Gasteiger partial charge >= 0.3 is 0 Å². The van der Waals surface area contributed by atoms with Crippen LogP contribution < -0.4 is 4.74 Å². The third-order valence-corrected chi connectivity index (χ3v) is 8.27. The maximum absolute atomic E-state index is 14.9. The van der Waals surface area contributed by atoms with Crippen molar-refractivity contribution in [2.75, 3.05) is 0 Å². The van der Waals surface area contributed by atoms with Crippen LogP contribution in [0.15, 0.2) is 10.5 Å². The van der Waals surface area contributed by atoms with Crippen molar-refractivity contribution in [2.24, 2.45) is 23.2 Å². The van der Waals surface area contributed by atoms with Gasteiger partial charge in [0.25, 0.3) is 0 Å². The van der Waals surface area contributed by atoms with Crippen LogP contribution in [0.1, 0.15) is 99.0 Å². The topological polar surface area (TPSA) is 9.23 Å². The summed E-state index contributed by atoms with van der Waals surface area (Å²) in [5, 5.41) is 0.375. The fourth-order valence-electron chi connectivity index (χ4n) is 5.55. The lowest BCUT2D eigenvalue weighted by atomic mass is 9.58. The van der Waals surface area contributed by atoms with Gasteiger partial charge in [-0.3, -0.25) is 0 Å². The van der Waals surface area contributed by atoms with Gasteiger partial charge in [-0.05, 0) is 49.1 Å². The average molecular weight is 506 g/mol. The Kier molecular flexibility index (Phi) is 11.7. The Labute approximate surface area is 198 Å². The highest BCUT2D eigenvalue weighted by molar-refractivity contribution is 9.10. The van der Waals surface area contributed by atoms with Gasteiger partial charge in [0.1, 0.15) is 6.10 Å². The van der Waals surface area contributed by atoms with Crippen molar-refractivity contribution in [1.82, 2.24) is 0 Å². The molecule has 1 aromatic carbocycles. The molecule has 0 heterocycles. The number of hydrogen-bond acceptors (Lipinski definition) is 1. The molecule has 0 spiro atoms. The highest BCUT2D eigenvalue weighted by atomic mass is 79.9. The van der Waals surface area contributed by atoms with Crippen LogP contribution >= 0.6 is 27.5 Å². The first-order valence-electron chi connectivity index (χ1n) is 11.8. The van der Waals surface area contributed by atoms with Gasteiger partial charge in [0.05, 0.1) is 5.02 Å². The Morgan fingerprint density at radius 2 is 1.47 bits per heavy atom. The lowest BCUT2D eigenvalue weighted by molar-refractivity contribution is -0.0726. The number of benzene rings is 1. The first kappa shape index (κ1) is 27.8. The third kappa shape index (κ3) is 6.37. The van der Waals surface area contributed by atoms with E-state index in [-0.39, 0.29) is 17.3 Å². The van der Waals surface area contributed by atoms with Crippen LogP contribution in [-0.4, -0.2) is 6.10 Å². The summed E-state index contributed by atoms with van der Waals surface area (Å²) in [6.45, 7) is 17.8. The Morgan fingerprint density at radius 3 is 1.97 bits per heavy atom. The molecule has 0 N–H and O–H groups in total. The zero-order valence-corrected chi connectivity index (χ0v) is 22.7. The quantitative estimate of drug-likeness (QED) is 0.242. The SMILES string of the molecule is CCCCCCCCC(Oc1c(F)cc(Br)c(C)c1Cl)C(C(C)C)(C(C)C)C(C)C. The fourth-order valence-corrected chi connectivity index (χ4v) is 6.30. The van der Waals surface area contributed by atoms with E-state index in [9.17, 15) is 4.39 Å². The summed E-state index contributed by atoms with van der Waals surface area (Å²) in [6, 6.07) is 1.47. The van der Waals surface area contributed by atoms with Crippen molar-refractivity contribution >= 4 is 27.5 Å². The van der Waals surface area contributed by atoms with E-state index in [1.807, 2.05) is 6.92 Å². The highest BCUT2D eigenvalue weighted by Gasteiger charge is 2.48. The van der Waals surface area contributed by atoms with Crippen molar-refractivity contribution in [3.63, 3.8) is 0 Å². The average Bonchev–Trinajstić information content (AvgIpc) is 2.65. The Balaban J connectivity index is 3.29. The molecule has 1 rings (SSSR count). The smallest absolute Gasteiger partial charge is 0.174 e. The van der Waals surface area contributed by atoms with E-state index in [4.69, 9.17) is 16.3 Å². The second-order valence-electron chi connectivity index (χ2n) is 9.74. The normalized spacial score (nSPS) is 13.5. The van der Waals surface area contributed by atoms with Crippen LogP contribution in [0.4, 0.5) is 4.39 Å². The number of hydrogen-bond donors (Lipinski definition) is 0. The Bertz CT molecular complexity index is 635. The van der Waals surface area contributed by atoms with E-state index in [0.29, 0.717) is 27.2 Å². The molecule has 0 aromatic heterocycles. The van der Waals surface area contributed by atoms with Crippen LogP contribution in [0.5, 0.6) is 5.75 Å². The largest absolute Gasteiger partial charge is 0.485 e. The van der Waals surface area contributed by atoms with Crippen molar-refractivity contribution in [3.05, 3.63) is 26.9 Å². The van der Waals surface area contributed by atoms with Crippen LogP contribution in [0.2, 0.25) is 5.02 Å². The van der Waals surface area contributed by atoms with E-state index in [0.717, 1.165) is 18.4 Å².